The molecule has 1 aliphatic heterocycles. The molecule has 4 N–H and O–H groups in total. The van der Waals surface area contributed by atoms with Crippen LogP contribution in [-0.4, -0.2) is 32.9 Å². The van der Waals surface area contributed by atoms with Gasteiger partial charge in [-0.05, 0) is 42.3 Å². The van der Waals surface area contributed by atoms with Crippen LogP contribution in [0.4, 0.5) is 24.7 Å². The Morgan fingerprint density at radius 1 is 1.06 bits per heavy atom. The van der Waals surface area contributed by atoms with Crippen molar-refractivity contribution >= 4 is 17.4 Å². The van der Waals surface area contributed by atoms with Gasteiger partial charge in [0.25, 0.3) is 0 Å². The molecule has 0 saturated carbocycles. The molecule has 7 nitrogen and oxygen atoms in total. The molecule has 4 rings (SSSR count). The number of carbonyl (C=O) groups excluding carboxylic acids is 1. The molecule has 0 aliphatic carbocycles. The predicted octanol–water partition coefficient (Wildman–Crippen LogP) is 3.30. The number of carbonyl (C=O) groups is 1. The van der Waals surface area contributed by atoms with Gasteiger partial charge in [-0.15, -0.1) is 0 Å². The molecule has 0 bridgehead atoms. The molecule has 1 aliphatic rings. The molecule has 0 saturated heterocycles. The van der Waals surface area contributed by atoms with Crippen molar-refractivity contribution in [1.82, 2.24) is 14.5 Å². The number of fused-ring (bicyclic) bond motifs is 1. The average molecular weight is 458 g/mol. The summed E-state index contributed by atoms with van der Waals surface area (Å²) in [6.45, 7) is 4.72. The van der Waals surface area contributed by atoms with Crippen LogP contribution >= 0.6 is 0 Å². The fourth-order valence-electron chi connectivity index (χ4n) is 3.80. The summed E-state index contributed by atoms with van der Waals surface area (Å²) in [5, 5.41) is 1.22. The van der Waals surface area contributed by atoms with Gasteiger partial charge in [0.05, 0.1) is 18.3 Å². The third-order valence-electron chi connectivity index (χ3n) is 5.79. The third-order valence-corrected chi connectivity index (χ3v) is 5.79. The molecular weight excluding hydrogens is 433 g/mol. The summed E-state index contributed by atoms with van der Waals surface area (Å²) in [7, 11) is 0. The first-order valence-corrected chi connectivity index (χ1v) is 10.6. The van der Waals surface area contributed by atoms with E-state index in [9.17, 15) is 18.0 Å². The molecule has 1 aromatic heterocycles. The smallest absolute Gasteiger partial charge is 0.240 e. The highest BCUT2D eigenvalue weighted by atomic mass is 19.2. The number of hydrazine groups is 1. The van der Waals surface area contributed by atoms with E-state index < -0.39 is 23.5 Å². The molecule has 10 heteroatoms. The van der Waals surface area contributed by atoms with E-state index in [0.717, 1.165) is 12.1 Å². The first-order chi connectivity index (χ1) is 15.7. The van der Waals surface area contributed by atoms with E-state index >= 15 is 0 Å². The van der Waals surface area contributed by atoms with Crippen LogP contribution in [-0.2, 0) is 17.9 Å². The number of hydrogen-bond acceptors (Lipinski definition) is 5. The van der Waals surface area contributed by atoms with Gasteiger partial charge in [-0.3, -0.25) is 9.80 Å². The van der Waals surface area contributed by atoms with Crippen LogP contribution in [0.25, 0.3) is 11.3 Å². The molecule has 1 atom stereocenters. The summed E-state index contributed by atoms with van der Waals surface area (Å²) in [5.74, 6) is 4.71. The highest BCUT2D eigenvalue weighted by Gasteiger charge is 2.31. The minimum Gasteiger partial charge on any atom is -0.332 e. The van der Waals surface area contributed by atoms with Crippen molar-refractivity contribution < 1.29 is 18.0 Å². The highest BCUT2D eigenvalue weighted by molar-refractivity contribution is 5.82. The Hall–Kier alpha value is -3.37. The Morgan fingerprint density at radius 2 is 1.76 bits per heavy atom. The lowest BCUT2D eigenvalue weighted by atomic mass is 10.0. The second-order valence-electron chi connectivity index (χ2n) is 8.36. The zero-order valence-corrected chi connectivity index (χ0v) is 18.3. The number of rotatable bonds is 5. The minimum atomic E-state index is -1.04. The molecule has 2 aromatic carbocycles. The monoisotopic (exact) mass is 458 g/mol. The second-order valence-corrected chi connectivity index (χ2v) is 8.36. The molecule has 2 heterocycles. The van der Waals surface area contributed by atoms with E-state index in [4.69, 9.17) is 16.6 Å². The number of imidazole rings is 1. The van der Waals surface area contributed by atoms with E-state index in [2.05, 4.69) is 0 Å². The topological polar surface area (TPSA) is 93.4 Å². The molecule has 0 radical (unpaired) electrons. The first kappa shape index (κ1) is 22.8. The maximum Gasteiger partial charge on any atom is 0.240 e. The summed E-state index contributed by atoms with van der Waals surface area (Å²) in [5.41, 5.74) is 7.28. The quantitative estimate of drug-likeness (QED) is 0.452. The van der Waals surface area contributed by atoms with E-state index in [1.807, 2.05) is 18.4 Å². The largest absolute Gasteiger partial charge is 0.332 e. The second kappa shape index (κ2) is 8.87. The van der Waals surface area contributed by atoms with Crippen LogP contribution in [0.5, 0.6) is 0 Å². The maximum absolute atomic E-state index is 13.9. The molecule has 174 valence electrons. The zero-order valence-electron chi connectivity index (χ0n) is 18.3. The third kappa shape index (κ3) is 4.31. The molecule has 3 aromatic rings. The molecule has 1 amide bonds. The van der Waals surface area contributed by atoms with Crippen LogP contribution in [0.1, 0.15) is 19.7 Å². The van der Waals surface area contributed by atoms with Crippen LogP contribution < -0.4 is 16.6 Å². The molecule has 33 heavy (non-hydrogen) atoms. The SMILES string of the molecule is CC(C)[C@H](N)C(=O)N1CCn2c(nc(-c3ccc(F)cc3)c2N(N)c2ccc(F)c(F)c2)C1. The summed E-state index contributed by atoms with van der Waals surface area (Å²) in [4.78, 5) is 19.1. The van der Waals surface area contributed by atoms with Gasteiger partial charge >= 0.3 is 0 Å². The fourth-order valence-corrected chi connectivity index (χ4v) is 3.80. The van der Waals surface area contributed by atoms with Crippen molar-refractivity contribution in [3.05, 3.63) is 65.7 Å². The fraction of sp³-hybridized carbons (Fsp3) is 0.304. The van der Waals surface area contributed by atoms with E-state index in [-0.39, 0.29) is 24.1 Å². The van der Waals surface area contributed by atoms with Crippen LogP contribution in [0.15, 0.2) is 42.5 Å². The number of nitrogens with zero attached hydrogens (tertiary/aromatic N) is 4. The number of anilines is 2. The van der Waals surface area contributed by atoms with Crippen molar-refractivity contribution in [2.45, 2.75) is 33.0 Å². The number of amides is 1. The summed E-state index contributed by atoms with van der Waals surface area (Å²) >= 11 is 0. The highest BCUT2D eigenvalue weighted by Crippen LogP contribution is 2.36. The Bertz CT molecular complexity index is 1180. The Labute approximate surface area is 189 Å². The normalized spacial score (nSPS) is 14.4. The Morgan fingerprint density at radius 3 is 2.39 bits per heavy atom. The standard InChI is InChI=1S/C23H25F3N6O/c1-13(2)20(27)23(33)30-9-10-31-19(12-30)29-21(14-3-5-15(24)6-4-14)22(31)32(28)16-7-8-17(25)18(26)11-16/h3-8,11,13,20H,9-10,12,27-28H2,1-2H3/t20-/m0/s1. The molecule has 0 fully saturated rings. The Balaban J connectivity index is 1.78. The van der Waals surface area contributed by atoms with Gasteiger partial charge in [-0.25, -0.2) is 24.0 Å². The lowest BCUT2D eigenvalue weighted by molar-refractivity contribution is -0.135. The van der Waals surface area contributed by atoms with Crippen molar-refractivity contribution in [3.63, 3.8) is 0 Å². The van der Waals surface area contributed by atoms with Gasteiger partial charge in [0.2, 0.25) is 5.91 Å². The van der Waals surface area contributed by atoms with Gasteiger partial charge in [0.1, 0.15) is 17.3 Å². The van der Waals surface area contributed by atoms with Crippen molar-refractivity contribution in [3.8, 4) is 11.3 Å². The van der Waals surface area contributed by atoms with E-state index in [0.29, 0.717) is 36.0 Å². The maximum atomic E-state index is 13.9. The molecule has 0 unspecified atom stereocenters. The number of benzene rings is 2. The van der Waals surface area contributed by atoms with Crippen LogP contribution in [0.2, 0.25) is 0 Å². The van der Waals surface area contributed by atoms with E-state index in [1.165, 1.54) is 23.2 Å². The van der Waals surface area contributed by atoms with Gasteiger partial charge in [0.15, 0.2) is 17.5 Å². The number of hydrogen-bond donors (Lipinski definition) is 2. The first-order valence-electron chi connectivity index (χ1n) is 10.6. The molecular formula is C23H25F3N6O. The number of nitrogens with two attached hydrogens (primary N) is 2. The lowest BCUT2D eigenvalue weighted by Gasteiger charge is -2.32. The van der Waals surface area contributed by atoms with Crippen LogP contribution in [0, 0.1) is 23.4 Å². The van der Waals surface area contributed by atoms with Crippen LogP contribution in [0.3, 0.4) is 0 Å². The van der Waals surface area contributed by atoms with Gasteiger partial charge < -0.3 is 15.2 Å². The number of aromatic nitrogens is 2. The van der Waals surface area contributed by atoms with E-state index in [1.54, 1.807) is 17.0 Å². The minimum absolute atomic E-state index is 0.0163. The predicted molar refractivity (Wildman–Crippen MR) is 119 cm³/mol. The summed E-state index contributed by atoms with van der Waals surface area (Å²) in [6.07, 6.45) is 0. The van der Waals surface area contributed by atoms with Crippen molar-refractivity contribution in [2.24, 2.45) is 17.5 Å². The van der Waals surface area contributed by atoms with Gasteiger partial charge in [-0.2, -0.15) is 0 Å². The number of halogens is 3. The zero-order chi connectivity index (χ0) is 23.9. The summed E-state index contributed by atoms with van der Waals surface area (Å²) < 4.78 is 42.7. The lowest BCUT2D eigenvalue weighted by Crippen LogP contribution is -2.49. The Kier molecular flexibility index (Phi) is 6.13. The van der Waals surface area contributed by atoms with Gasteiger partial charge in [-0.1, -0.05) is 13.8 Å². The van der Waals surface area contributed by atoms with Crippen molar-refractivity contribution in [2.75, 3.05) is 11.6 Å². The molecule has 0 spiro atoms. The van der Waals surface area contributed by atoms with Crippen molar-refractivity contribution in [1.29, 1.82) is 0 Å². The average Bonchev–Trinajstić information content (AvgIpc) is 3.18. The summed E-state index contributed by atoms with van der Waals surface area (Å²) in [6, 6.07) is 8.42. The van der Waals surface area contributed by atoms with Gasteiger partial charge in [0, 0.05) is 24.7 Å².